The molecule has 4 saturated heterocycles. The van der Waals surface area contributed by atoms with Crippen LogP contribution >= 0.6 is 0 Å². The first-order valence-corrected chi connectivity index (χ1v) is 24.5. The van der Waals surface area contributed by atoms with Crippen molar-refractivity contribution in [2.75, 3.05) is 57.4 Å². The predicted octanol–water partition coefficient (Wildman–Crippen LogP) is 6.44. The van der Waals surface area contributed by atoms with Crippen molar-refractivity contribution in [2.45, 2.75) is 95.9 Å². The maximum atomic E-state index is 17.2. The summed E-state index contributed by atoms with van der Waals surface area (Å²) in [6.45, 7) is 9.29. The molecule has 6 aliphatic heterocycles. The number of rotatable bonds is 11. The highest BCUT2D eigenvalue weighted by molar-refractivity contribution is 6.23. The van der Waals surface area contributed by atoms with E-state index in [1.807, 2.05) is 19.1 Å². The highest BCUT2D eigenvalue weighted by Gasteiger charge is 2.48. The van der Waals surface area contributed by atoms with Gasteiger partial charge in [-0.2, -0.15) is 9.97 Å². The number of nitrogens with zero attached hydrogens (tertiary/aromatic N) is 7. The molecule has 1 spiro atoms. The standard InChI is InChI=1S/C52H54F2N8O7/c1-2-34-39(53)5-4-30-18-33(63)21-37(42(30)34)44-43(54)45-38(22-55-44)46(61-14-3-10-52(27-61)13-17-69-52)58-50(57-45)68-28-51(11-12-51)26-59-15-8-29(9-16-59)23-60-24-31-19-35-36(20-32(31)25-60)49(67)62(48(35)66)40-6-7-41(64)56-47(40)65/h4-5,18-22,29,40,63H,2-3,6-17,23-28H2,1H3,(H,56,64,65)/t40?,52-/m0/s1. The summed E-state index contributed by atoms with van der Waals surface area (Å²) in [5.74, 6) is -2.12. The lowest BCUT2D eigenvalue weighted by Crippen LogP contribution is -2.56. The summed E-state index contributed by atoms with van der Waals surface area (Å²) in [7, 11) is 0. The molecular formula is C52H54F2N8O7. The van der Waals surface area contributed by atoms with Crippen molar-refractivity contribution in [1.82, 2.24) is 35.0 Å². The number of aromatic nitrogens is 3. The molecule has 2 N–H and O–H groups in total. The summed E-state index contributed by atoms with van der Waals surface area (Å²) < 4.78 is 45.0. The van der Waals surface area contributed by atoms with Crippen LogP contribution in [0.4, 0.5) is 14.6 Å². The second kappa shape index (κ2) is 16.8. The molecule has 17 heteroatoms. The number of nitrogens with one attached hydrogen (secondary N) is 1. The molecule has 2 atom stereocenters. The Labute approximate surface area is 397 Å². The normalized spacial score (nSPS) is 23.8. The van der Waals surface area contributed by atoms with Crippen LogP contribution in [0.3, 0.4) is 0 Å². The molecule has 8 heterocycles. The number of piperidine rings is 3. The number of fused-ring (bicyclic) bond motifs is 4. The molecule has 5 fully saturated rings. The Hall–Kier alpha value is -6.17. The Morgan fingerprint density at radius 3 is 2.33 bits per heavy atom. The first kappa shape index (κ1) is 44.1. The number of aryl methyl sites for hydroxylation is 1. The van der Waals surface area contributed by atoms with Crippen molar-refractivity contribution in [3.63, 3.8) is 0 Å². The zero-order valence-electron chi connectivity index (χ0n) is 38.6. The first-order chi connectivity index (χ1) is 33.4. The van der Waals surface area contributed by atoms with Gasteiger partial charge in [-0.1, -0.05) is 13.0 Å². The molecule has 1 aliphatic carbocycles. The maximum Gasteiger partial charge on any atom is 0.319 e. The second-order valence-corrected chi connectivity index (χ2v) is 20.6. The summed E-state index contributed by atoms with van der Waals surface area (Å²) in [6, 6.07) is 8.69. The van der Waals surface area contributed by atoms with Crippen LogP contribution < -0.4 is 15.0 Å². The van der Waals surface area contributed by atoms with E-state index in [2.05, 4.69) is 25.0 Å². The van der Waals surface area contributed by atoms with Crippen LogP contribution in [0.15, 0.2) is 42.6 Å². The topological polar surface area (TPSA) is 171 Å². The minimum absolute atomic E-state index is 0.0376. The van der Waals surface area contributed by atoms with Gasteiger partial charge in [-0.3, -0.25) is 39.3 Å². The lowest BCUT2D eigenvalue weighted by molar-refractivity contribution is -0.151. The van der Waals surface area contributed by atoms with Gasteiger partial charge in [-0.25, -0.2) is 8.78 Å². The van der Waals surface area contributed by atoms with Gasteiger partial charge >= 0.3 is 6.01 Å². The average Bonchev–Trinajstić information content (AvgIpc) is 3.91. The number of amides is 4. The van der Waals surface area contributed by atoms with Crippen LogP contribution in [0, 0.1) is 23.0 Å². The van der Waals surface area contributed by atoms with Crippen LogP contribution in [0.25, 0.3) is 32.9 Å². The molecular weight excluding hydrogens is 887 g/mol. The van der Waals surface area contributed by atoms with E-state index in [-0.39, 0.29) is 52.4 Å². The number of carbonyl (C=O) groups is 4. The monoisotopic (exact) mass is 940 g/mol. The van der Waals surface area contributed by atoms with E-state index >= 15 is 8.78 Å². The van der Waals surface area contributed by atoms with Crippen LogP contribution in [0.5, 0.6) is 11.8 Å². The van der Waals surface area contributed by atoms with Gasteiger partial charge in [0, 0.05) is 69.3 Å². The van der Waals surface area contributed by atoms with E-state index in [1.54, 1.807) is 18.3 Å². The Morgan fingerprint density at radius 1 is 0.899 bits per heavy atom. The number of pyridine rings is 1. The van der Waals surface area contributed by atoms with Gasteiger partial charge in [0.05, 0.1) is 35.3 Å². The number of carbonyl (C=O) groups excluding carboxylic acids is 4. The van der Waals surface area contributed by atoms with E-state index in [4.69, 9.17) is 19.4 Å². The van der Waals surface area contributed by atoms with E-state index in [9.17, 15) is 24.3 Å². The average molecular weight is 941 g/mol. The molecule has 69 heavy (non-hydrogen) atoms. The molecule has 3 aromatic carbocycles. The number of phenolic OH excluding ortho intramolecular Hbond substituents is 1. The van der Waals surface area contributed by atoms with Gasteiger partial charge in [0.15, 0.2) is 5.82 Å². The Morgan fingerprint density at radius 2 is 1.65 bits per heavy atom. The lowest BCUT2D eigenvalue weighted by atomic mass is 9.86. The number of ether oxygens (including phenoxy) is 2. The molecule has 358 valence electrons. The fraction of sp³-hybridized carbons (Fsp3) is 0.481. The Bertz CT molecular complexity index is 2960. The molecule has 4 amide bonds. The summed E-state index contributed by atoms with van der Waals surface area (Å²) in [5, 5.41) is 14.5. The third kappa shape index (κ3) is 7.76. The van der Waals surface area contributed by atoms with Crippen molar-refractivity contribution in [3.05, 3.63) is 82.0 Å². The summed E-state index contributed by atoms with van der Waals surface area (Å²) >= 11 is 0. The Balaban J connectivity index is 0.723. The summed E-state index contributed by atoms with van der Waals surface area (Å²) in [5.41, 5.74) is 3.07. The number of hydrogen-bond donors (Lipinski definition) is 2. The molecule has 1 saturated carbocycles. The molecule has 1 unspecified atom stereocenters. The summed E-state index contributed by atoms with van der Waals surface area (Å²) in [4.78, 5) is 73.5. The van der Waals surface area contributed by atoms with E-state index in [0.717, 1.165) is 87.2 Å². The number of imide groups is 2. The maximum absolute atomic E-state index is 17.2. The van der Waals surface area contributed by atoms with Crippen LogP contribution in [0.2, 0.25) is 0 Å². The number of likely N-dealkylation sites (tertiary alicyclic amines) is 1. The van der Waals surface area contributed by atoms with Crippen LogP contribution in [0.1, 0.15) is 102 Å². The number of aromatic hydroxyl groups is 1. The number of anilines is 1. The minimum atomic E-state index is -0.982. The third-order valence-corrected chi connectivity index (χ3v) is 16.0. The molecule has 12 rings (SSSR count). The van der Waals surface area contributed by atoms with Crippen molar-refractivity contribution in [3.8, 4) is 23.0 Å². The Kier molecular flexibility index (Phi) is 10.7. The number of benzene rings is 3. The SMILES string of the molecule is CCc1c(F)ccc2cc(O)cc(-c3ncc4c(N5CCC[C@]6(CCO6)C5)nc(OCC5(CN6CCC(CN7Cc8cc9c(cc8C7)C(=O)N(C7CCC(=O)NC7=O)C9=O)CC6)CC5)nc4c3F)c12. The van der Waals surface area contributed by atoms with Crippen molar-refractivity contribution in [2.24, 2.45) is 11.3 Å². The van der Waals surface area contributed by atoms with Gasteiger partial charge in [0.25, 0.3) is 11.8 Å². The van der Waals surface area contributed by atoms with E-state index in [1.165, 1.54) is 12.1 Å². The molecule has 7 aliphatic rings. The molecule has 0 bridgehead atoms. The quantitative estimate of drug-likeness (QED) is 0.139. The molecule has 5 aromatic rings. The smallest absolute Gasteiger partial charge is 0.319 e. The largest absolute Gasteiger partial charge is 0.508 e. The van der Waals surface area contributed by atoms with Crippen molar-refractivity contribution in [1.29, 1.82) is 0 Å². The zero-order chi connectivity index (χ0) is 47.3. The highest BCUT2D eigenvalue weighted by atomic mass is 19.1. The van der Waals surface area contributed by atoms with Crippen molar-refractivity contribution >= 4 is 51.1 Å². The fourth-order valence-electron chi connectivity index (χ4n) is 12.0. The first-order valence-electron chi connectivity index (χ1n) is 24.5. The summed E-state index contributed by atoms with van der Waals surface area (Å²) in [6.07, 6.45) is 9.01. The van der Waals surface area contributed by atoms with Crippen LogP contribution in [-0.4, -0.2) is 123 Å². The zero-order valence-corrected chi connectivity index (χ0v) is 38.6. The minimum Gasteiger partial charge on any atom is -0.508 e. The highest BCUT2D eigenvalue weighted by Crippen LogP contribution is 2.48. The second-order valence-electron chi connectivity index (χ2n) is 20.6. The number of phenols is 1. The predicted molar refractivity (Wildman–Crippen MR) is 250 cm³/mol. The van der Waals surface area contributed by atoms with E-state index < -0.39 is 41.3 Å². The molecule has 15 nitrogen and oxygen atoms in total. The van der Waals surface area contributed by atoms with Gasteiger partial charge < -0.3 is 24.4 Å². The van der Waals surface area contributed by atoms with Gasteiger partial charge in [-0.05, 0) is 128 Å². The van der Waals surface area contributed by atoms with E-state index in [0.29, 0.717) is 90.4 Å². The number of halogens is 2. The molecule has 2 aromatic heterocycles. The van der Waals surface area contributed by atoms with Crippen molar-refractivity contribution < 1.29 is 42.5 Å². The lowest BCUT2D eigenvalue weighted by Gasteiger charge is -2.48. The van der Waals surface area contributed by atoms with Gasteiger partial charge in [0.1, 0.15) is 34.6 Å². The third-order valence-electron chi connectivity index (χ3n) is 16.0. The van der Waals surface area contributed by atoms with Gasteiger partial charge in [-0.15, -0.1) is 0 Å². The molecule has 0 radical (unpaired) electrons. The fourth-order valence-corrected chi connectivity index (χ4v) is 12.0. The van der Waals surface area contributed by atoms with Gasteiger partial charge in [0.2, 0.25) is 11.8 Å². The number of hydrogen-bond acceptors (Lipinski definition) is 13. The van der Waals surface area contributed by atoms with Crippen LogP contribution in [-0.2, 0) is 33.8 Å².